The molecule has 0 aliphatic carbocycles. The number of carbonyl (C=O) groups excluding carboxylic acids is 1. The van der Waals surface area contributed by atoms with E-state index >= 15 is 0 Å². The van der Waals surface area contributed by atoms with Crippen LogP contribution in [0.5, 0.6) is 0 Å². The maximum atomic E-state index is 12.3. The predicted octanol–water partition coefficient (Wildman–Crippen LogP) is 1.83. The molecule has 0 unspecified atom stereocenters. The second kappa shape index (κ2) is 5.09. The topological polar surface area (TPSA) is 86.3 Å². The number of likely N-dealkylation sites (tertiary alicyclic amines) is 1. The van der Waals surface area contributed by atoms with E-state index in [1.54, 1.807) is 17.4 Å². The minimum Gasteiger partial charge on any atom is -0.480 e. The Morgan fingerprint density at radius 2 is 2.35 bits per heavy atom. The van der Waals surface area contributed by atoms with Crippen molar-refractivity contribution in [1.29, 1.82) is 0 Å². The lowest BCUT2D eigenvalue weighted by Gasteiger charge is -2.20. The fourth-order valence-electron chi connectivity index (χ4n) is 2.41. The minimum atomic E-state index is -0.951. The molecule has 0 bridgehead atoms. The van der Waals surface area contributed by atoms with Crippen LogP contribution in [0.25, 0.3) is 11.3 Å². The van der Waals surface area contributed by atoms with Crippen molar-refractivity contribution in [2.45, 2.75) is 18.9 Å². The molecule has 1 amide bonds. The molecule has 0 radical (unpaired) electrons. The largest absolute Gasteiger partial charge is 0.480 e. The molecule has 3 rings (SSSR count). The van der Waals surface area contributed by atoms with E-state index in [0.29, 0.717) is 30.8 Å². The van der Waals surface area contributed by atoms with Gasteiger partial charge in [-0.25, -0.2) is 4.79 Å². The Morgan fingerprint density at radius 3 is 3.05 bits per heavy atom. The highest BCUT2D eigenvalue weighted by molar-refractivity contribution is 7.08. The normalized spacial score (nSPS) is 18.4. The van der Waals surface area contributed by atoms with E-state index in [1.165, 1.54) is 4.90 Å². The van der Waals surface area contributed by atoms with Crippen molar-refractivity contribution < 1.29 is 14.7 Å². The van der Waals surface area contributed by atoms with Gasteiger partial charge in [-0.1, -0.05) is 0 Å². The predicted molar refractivity (Wildman–Crippen MR) is 73.6 cm³/mol. The number of aliphatic carboxylic acids is 1. The van der Waals surface area contributed by atoms with Gasteiger partial charge in [-0.15, -0.1) is 0 Å². The van der Waals surface area contributed by atoms with Gasteiger partial charge in [0.15, 0.2) is 0 Å². The van der Waals surface area contributed by atoms with Gasteiger partial charge in [0.2, 0.25) is 0 Å². The van der Waals surface area contributed by atoms with Crippen LogP contribution >= 0.6 is 11.3 Å². The molecule has 2 aromatic heterocycles. The first-order valence-electron chi connectivity index (χ1n) is 6.28. The van der Waals surface area contributed by atoms with E-state index in [9.17, 15) is 9.59 Å². The number of hydrogen-bond donors (Lipinski definition) is 2. The minimum absolute atomic E-state index is 0.302. The molecule has 1 aliphatic rings. The van der Waals surface area contributed by atoms with Gasteiger partial charge in [-0.05, 0) is 30.4 Å². The molecule has 3 heterocycles. The van der Waals surface area contributed by atoms with E-state index in [4.69, 9.17) is 5.11 Å². The molecule has 104 valence electrons. The van der Waals surface area contributed by atoms with Gasteiger partial charge in [-0.2, -0.15) is 16.4 Å². The molecule has 0 saturated carbocycles. The molecule has 2 aromatic rings. The van der Waals surface area contributed by atoms with Crippen molar-refractivity contribution >= 4 is 23.2 Å². The van der Waals surface area contributed by atoms with Gasteiger partial charge < -0.3 is 10.0 Å². The lowest BCUT2D eigenvalue weighted by Crippen LogP contribution is -2.40. The van der Waals surface area contributed by atoms with Crippen LogP contribution in [0, 0.1) is 0 Å². The van der Waals surface area contributed by atoms with E-state index in [-0.39, 0.29) is 5.91 Å². The summed E-state index contributed by atoms with van der Waals surface area (Å²) in [5.41, 5.74) is 1.97. The van der Waals surface area contributed by atoms with Crippen LogP contribution in [0.1, 0.15) is 23.3 Å². The van der Waals surface area contributed by atoms with E-state index in [2.05, 4.69) is 10.2 Å². The number of carbonyl (C=O) groups is 2. The number of H-pyrrole nitrogens is 1. The summed E-state index contributed by atoms with van der Waals surface area (Å²) in [4.78, 5) is 24.9. The van der Waals surface area contributed by atoms with Crippen LogP contribution in [-0.2, 0) is 4.79 Å². The Labute approximate surface area is 119 Å². The van der Waals surface area contributed by atoms with Crippen molar-refractivity contribution in [3.05, 3.63) is 28.6 Å². The van der Waals surface area contributed by atoms with Gasteiger partial charge in [-0.3, -0.25) is 9.89 Å². The maximum absolute atomic E-state index is 12.3. The quantitative estimate of drug-likeness (QED) is 0.903. The van der Waals surface area contributed by atoms with Crippen LogP contribution in [0.15, 0.2) is 22.9 Å². The fourth-order valence-corrected chi connectivity index (χ4v) is 3.06. The number of amides is 1. The summed E-state index contributed by atoms with van der Waals surface area (Å²) in [5, 5.41) is 19.8. The molecule has 7 heteroatoms. The molecule has 1 saturated heterocycles. The van der Waals surface area contributed by atoms with E-state index in [1.807, 2.05) is 16.8 Å². The van der Waals surface area contributed by atoms with Crippen molar-refractivity contribution in [2.75, 3.05) is 6.54 Å². The zero-order chi connectivity index (χ0) is 14.1. The van der Waals surface area contributed by atoms with Gasteiger partial charge in [0, 0.05) is 17.5 Å². The molecule has 0 aromatic carbocycles. The zero-order valence-electron chi connectivity index (χ0n) is 10.6. The molecule has 2 N–H and O–H groups in total. The summed E-state index contributed by atoms with van der Waals surface area (Å²) in [6.07, 6.45) is 1.22. The fraction of sp³-hybridized carbons (Fsp3) is 0.308. The Hall–Kier alpha value is -2.15. The molecule has 6 nitrogen and oxygen atoms in total. The van der Waals surface area contributed by atoms with Gasteiger partial charge in [0.25, 0.3) is 5.91 Å². The molecular formula is C13H13N3O3S. The summed E-state index contributed by atoms with van der Waals surface area (Å²) < 4.78 is 0. The number of rotatable bonds is 3. The summed E-state index contributed by atoms with van der Waals surface area (Å²) >= 11 is 1.55. The van der Waals surface area contributed by atoms with Crippen LogP contribution in [0.2, 0.25) is 0 Å². The summed E-state index contributed by atoms with van der Waals surface area (Å²) in [6, 6.07) is 2.86. The average Bonchev–Trinajstić information content (AvgIpc) is 3.17. The number of nitrogens with zero attached hydrogens (tertiary/aromatic N) is 2. The molecule has 1 atom stereocenters. The monoisotopic (exact) mass is 291 g/mol. The Kier molecular flexibility index (Phi) is 3.27. The second-order valence-corrected chi connectivity index (χ2v) is 5.45. The van der Waals surface area contributed by atoms with Crippen molar-refractivity contribution in [3.8, 4) is 11.3 Å². The third kappa shape index (κ3) is 2.20. The van der Waals surface area contributed by atoms with Crippen molar-refractivity contribution in [2.24, 2.45) is 0 Å². The third-order valence-electron chi connectivity index (χ3n) is 3.42. The van der Waals surface area contributed by atoms with Gasteiger partial charge in [0.05, 0.1) is 5.69 Å². The highest BCUT2D eigenvalue weighted by atomic mass is 32.1. The Morgan fingerprint density at radius 1 is 1.50 bits per heavy atom. The number of carboxylic acid groups (broad SMARTS) is 1. The molecule has 1 fully saturated rings. The average molecular weight is 291 g/mol. The molecule has 1 aliphatic heterocycles. The standard InChI is InChI=1S/C13H13N3O3S/c17-12(16-4-1-2-11(16)13(18)19)10-6-9(14-15-10)8-3-5-20-7-8/h3,5-7,11H,1-2,4H2,(H,14,15)(H,18,19)/t11-/m1/s1. The maximum Gasteiger partial charge on any atom is 0.326 e. The highest BCUT2D eigenvalue weighted by Crippen LogP contribution is 2.23. The van der Waals surface area contributed by atoms with Crippen LogP contribution in [-0.4, -0.2) is 44.7 Å². The number of nitrogens with one attached hydrogen (secondary N) is 1. The number of hydrogen-bond acceptors (Lipinski definition) is 4. The molecule has 20 heavy (non-hydrogen) atoms. The molecular weight excluding hydrogens is 278 g/mol. The van der Waals surface area contributed by atoms with Crippen molar-refractivity contribution in [3.63, 3.8) is 0 Å². The first-order chi connectivity index (χ1) is 9.66. The first kappa shape index (κ1) is 12.9. The highest BCUT2D eigenvalue weighted by Gasteiger charge is 2.35. The number of carboxylic acids is 1. The molecule has 0 spiro atoms. The zero-order valence-corrected chi connectivity index (χ0v) is 11.4. The first-order valence-corrected chi connectivity index (χ1v) is 7.23. The van der Waals surface area contributed by atoms with Gasteiger partial charge in [0.1, 0.15) is 11.7 Å². The number of thiophene rings is 1. The Bertz CT molecular complexity index is 635. The number of aromatic nitrogens is 2. The van der Waals surface area contributed by atoms with E-state index in [0.717, 1.165) is 5.56 Å². The van der Waals surface area contributed by atoms with Crippen LogP contribution < -0.4 is 0 Å². The van der Waals surface area contributed by atoms with Crippen LogP contribution in [0.4, 0.5) is 0 Å². The van der Waals surface area contributed by atoms with Crippen molar-refractivity contribution in [1.82, 2.24) is 15.1 Å². The van der Waals surface area contributed by atoms with E-state index < -0.39 is 12.0 Å². The lowest BCUT2D eigenvalue weighted by atomic mass is 10.2. The smallest absolute Gasteiger partial charge is 0.326 e. The second-order valence-electron chi connectivity index (χ2n) is 4.67. The summed E-state index contributed by atoms with van der Waals surface area (Å²) in [5.74, 6) is -1.25. The van der Waals surface area contributed by atoms with Crippen LogP contribution in [0.3, 0.4) is 0 Å². The SMILES string of the molecule is O=C(O)[C@H]1CCCN1C(=O)c1cc(-c2ccsc2)n[nH]1. The Balaban J connectivity index is 1.83. The summed E-state index contributed by atoms with van der Waals surface area (Å²) in [6.45, 7) is 0.475. The number of aromatic amines is 1. The third-order valence-corrected chi connectivity index (χ3v) is 4.11. The summed E-state index contributed by atoms with van der Waals surface area (Å²) in [7, 11) is 0. The lowest BCUT2D eigenvalue weighted by molar-refractivity contribution is -0.141. The van der Waals surface area contributed by atoms with Gasteiger partial charge >= 0.3 is 5.97 Å².